The molecule has 4 rings (SSSR count). The number of hydrogen-bond acceptors (Lipinski definition) is 5. The van der Waals surface area contributed by atoms with E-state index in [0.717, 1.165) is 49.3 Å². The highest BCUT2D eigenvalue weighted by Crippen LogP contribution is 2.25. The Kier molecular flexibility index (Phi) is 4.57. The highest BCUT2D eigenvalue weighted by molar-refractivity contribution is 5.87. The van der Waals surface area contributed by atoms with Crippen molar-refractivity contribution in [2.45, 2.75) is 19.4 Å². The minimum absolute atomic E-state index is 0.315. The van der Waals surface area contributed by atoms with Crippen molar-refractivity contribution >= 4 is 22.5 Å². The Bertz CT molecular complexity index is 820. The molecule has 2 aromatic heterocycles. The average Bonchev–Trinajstić information content (AvgIpc) is 3.16. The summed E-state index contributed by atoms with van der Waals surface area (Å²) < 4.78 is 5.41. The SMILES string of the molecule is OCC1CCN(c2ccc(CNc3nccc4occc34)cc2)CC1. The molecule has 3 heterocycles. The van der Waals surface area contributed by atoms with Gasteiger partial charge in [0.2, 0.25) is 0 Å². The van der Waals surface area contributed by atoms with Crippen LogP contribution in [-0.4, -0.2) is 29.8 Å². The second-order valence-corrected chi connectivity index (χ2v) is 6.62. The van der Waals surface area contributed by atoms with Gasteiger partial charge in [-0.15, -0.1) is 0 Å². The van der Waals surface area contributed by atoms with Crippen molar-refractivity contribution in [3.05, 3.63) is 54.4 Å². The number of furan rings is 1. The smallest absolute Gasteiger partial charge is 0.139 e. The maximum absolute atomic E-state index is 9.25. The van der Waals surface area contributed by atoms with Gasteiger partial charge in [0.15, 0.2) is 0 Å². The fourth-order valence-electron chi connectivity index (χ4n) is 3.42. The lowest BCUT2D eigenvalue weighted by atomic mass is 9.97. The van der Waals surface area contributed by atoms with Crippen LogP contribution in [0.4, 0.5) is 11.5 Å². The zero-order chi connectivity index (χ0) is 17.1. The van der Waals surface area contributed by atoms with Gasteiger partial charge in [-0.1, -0.05) is 12.1 Å². The minimum atomic E-state index is 0.315. The van der Waals surface area contributed by atoms with E-state index >= 15 is 0 Å². The largest absolute Gasteiger partial charge is 0.464 e. The number of rotatable bonds is 5. The summed E-state index contributed by atoms with van der Waals surface area (Å²) in [6.07, 6.45) is 5.58. The van der Waals surface area contributed by atoms with E-state index < -0.39 is 0 Å². The van der Waals surface area contributed by atoms with Crippen molar-refractivity contribution in [1.29, 1.82) is 0 Å². The number of aliphatic hydroxyl groups is 1. The molecular weight excluding hydrogens is 314 g/mol. The summed E-state index contributed by atoms with van der Waals surface area (Å²) >= 11 is 0. The number of nitrogens with zero attached hydrogens (tertiary/aromatic N) is 2. The number of hydrogen-bond donors (Lipinski definition) is 2. The summed E-state index contributed by atoms with van der Waals surface area (Å²) in [6, 6.07) is 12.5. The fraction of sp³-hybridized carbons (Fsp3) is 0.350. The number of piperidine rings is 1. The van der Waals surface area contributed by atoms with Gasteiger partial charge in [0, 0.05) is 38.1 Å². The number of benzene rings is 1. The average molecular weight is 337 g/mol. The topological polar surface area (TPSA) is 61.5 Å². The van der Waals surface area contributed by atoms with Crippen molar-refractivity contribution in [2.24, 2.45) is 5.92 Å². The van der Waals surface area contributed by atoms with Crippen LogP contribution in [-0.2, 0) is 6.54 Å². The minimum Gasteiger partial charge on any atom is -0.464 e. The van der Waals surface area contributed by atoms with E-state index in [2.05, 4.69) is 39.5 Å². The molecule has 0 spiro atoms. The highest BCUT2D eigenvalue weighted by atomic mass is 16.3. The molecule has 0 bridgehead atoms. The summed E-state index contributed by atoms with van der Waals surface area (Å²) in [6.45, 7) is 3.09. The van der Waals surface area contributed by atoms with E-state index in [4.69, 9.17) is 4.42 Å². The molecule has 1 aliphatic rings. The lowest BCUT2D eigenvalue weighted by Gasteiger charge is -2.33. The van der Waals surface area contributed by atoms with E-state index in [1.54, 1.807) is 12.5 Å². The maximum atomic E-state index is 9.25. The first-order valence-corrected chi connectivity index (χ1v) is 8.84. The molecule has 25 heavy (non-hydrogen) atoms. The number of anilines is 2. The molecule has 1 aromatic carbocycles. The molecule has 130 valence electrons. The normalized spacial score (nSPS) is 15.6. The van der Waals surface area contributed by atoms with Crippen LogP contribution in [0.15, 0.2) is 53.3 Å². The first-order chi connectivity index (χ1) is 12.3. The number of pyridine rings is 1. The summed E-state index contributed by atoms with van der Waals surface area (Å²) in [5.41, 5.74) is 3.32. The van der Waals surface area contributed by atoms with E-state index in [0.29, 0.717) is 12.5 Å². The van der Waals surface area contributed by atoms with Gasteiger partial charge in [0.05, 0.1) is 11.6 Å². The molecule has 5 heteroatoms. The Balaban J connectivity index is 1.38. The zero-order valence-electron chi connectivity index (χ0n) is 14.2. The second kappa shape index (κ2) is 7.15. The van der Waals surface area contributed by atoms with Gasteiger partial charge in [0.25, 0.3) is 0 Å². The van der Waals surface area contributed by atoms with Crippen LogP contribution in [0, 0.1) is 5.92 Å². The molecule has 1 aliphatic heterocycles. The van der Waals surface area contributed by atoms with Crippen LogP contribution in [0.2, 0.25) is 0 Å². The lowest BCUT2D eigenvalue weighted by molar-refractivity contribution is 0.203. The Morgan fingerprint density at radius 1 is 1.12 bits per heavy atom. The molecule has 5 nitrogen and oxygen atoms in total. The number of fused-ring (bicyclic) bond motifs is 1. The molecule has 1 fully saturated rings. The molecule has 1 saturated heterocycles. The van der Waals surface area contributed by atoms with Gasteiger partial charge >= 0.3 is 0 Å². The Hall–Kier alpha value is -2.53. The van der Waals surface area contributed by atoms with Crippen LogP contribution < -0.4 is 10.2 Å². The molecule has 0 radical (unpaired) electrons. The summed E-state index contributed by atoms with van der Waals surface area (Å²) in [4.78, 5) is 6.80. The predicted octanol–water partition coefficient (Wildman–Crippen LogP) is 3.65. The first-order valence-electron chi connectivity index (χ1n) is 8.84. The standard InChI is InChI=1S/C20H23N3O2/c24-14-16-6-10-23(11-7-16)17-3-1-15(2-4-17)13-22-20-18-8-12-25-19(18)5-9-21-20/h1-5,8-9,12,16,24H,6-7,10-11,13-14H2,(H,21,22). The van der Waals surface area contributed by atoms with Crippen molar-refractivity contribution in [3.8, 4) is 0 Å². The van der Waals surface area contributed by atoms with E-state index in [1.165, 1.54) is 11.3 Å². The molecule has 3 aromatic rings. The maximum Gasteiger partial charge on any atom is 0.139 e. The summed E-state index contributed by atoms with van der Waals surface area (Å²) in [7, 11) is 0. The Morgan fingerprint density at radius 2 is 1.92 bits per heavy atom. The first kappa shape index (κ1) is 16.0. The van der Waals surface area contributed by atoms with Crippen LogP contribution in [0.3, 0.4) is 0 Å². The lowest BCUT2D eigenvalue weighted by Crippen LogP contribution is -2.34. The third kappa shape index (κ3) is 3.46. The van der Waals surface area contributed by atoms with Crippen LogP contribution in [0.25, 0.3) is 11.0 Å². The number of aliphatic hydroxyl groups excluding tert-OH is 1. The molecular formula is C20H23N3O2. The molecule has 2 N–H and O–H groups in total. The zero-order valence-corrected chi connectivity index (χ0v) is 14.2. The van der Waals surface area contributed by atoms with Gasteiger partial charge in [-0.3, -0.25) is 0 Å². The van der Waals surface area contributed by atoms with Gasteiger partial charge in [-0.2, -0.15) is 0 Å². The molecule has 0 unspecified atom stereocenters. The van der Waals surface area contributed by atoms with Crippen LogP contribution >= 0.6 is 0 Å². The summed E-state index contributed by atoms with van der Waals surface area (Å²) in [5.74, 6) is 1.32. The van der Waals surface area contributed by atoms with Gasteiger partial charge < -0.3 is 19.7 Å². The van der Waals surface area contributed by atoms with Gasteiger partial charge in [-0.05, 0) is 48.6 Å². The van der Waals surface area contributed by atoms with Gasteiger partial charge in [0.1, 0.15) is 11.4 Å². The number of aromatic nitrogens is 1. The van der Waals surface area contributed by atoms with Crippen LogP contribution in [0.5, 0.6) is 0 Å². The Morgan fingerprint density at radius 3 is 2.68 bits per heavy atom. The van der Waals surface area contributed by atoms with Crippen molar-refractivity contribution in [1.82, 2.24) is 4.98 Å². The third-order valence-corrected chi connectivity index (χ3v) is 5.01. The Labute approximate surface area is 147 Å². The fourth-order valence-corrected chi connectivity index (χ4v) is 3.42. The van der Waals surface area contributed by atoms with E-state index in [9.17, 15) is 5.11 Å². The third-order valence-electron chi connectivity index (χ3n) is 5.01. The quantitative estimate of drug-likeness (QED) is 0.744. The molecule has 0 saturated carbocycles. The van der Waals surface area contributed by atoms with Crippen LogP contribution in [0.1, 0.15) is 18.4 Å². The van der Waals surface area contributed by atoms with Crippen molar-refractivity contribution in [2.75, 3.05) is 29.9 Å². The molecule has 0 aliphatic carbocycles. The summed E-state index contributed by atoms with van der Waals surface area (Å²) in [5, 5.41) is 13.6. The predicted molar refractivity (Wildman–Crippen MR) is 99.8 cm³/mol. The van der Waals surface area contributed by atoms with Crippen molar-refractivity contribution < 1.29 is 9.52 Å². The highest BCUT2D eigenvalue weighted by Gasteiger charge is 2.18. The molecule has 0 atom stereocenters. The van der Waals surface area contributed by atoms with Gasteiger partial charge in [-0.25, -0.2) is 4.98 Å². The second-order valence-electron chi connectivity index (χ2n) is 6.62. The molecule has 0 amide bonds. The number of nitrogens with one attached hydrogen (secondary N) is 1. The van der Waals surface area contributed by atoms with E-state index in [1.807, 2.05) is 12.1 Å². The van der Waals surface area contributed by atoms with E-state index in [-0.39, 0.29) is 0 Å². The van der Waals surface area contributed by atoms with Crippen molar-refractivity contribution in [3.63, 3.8) is 0 Å². The monoisotopic (exact) mass is 337 g/mol.